The third-order valence-electron chi connectivity index (χ3n) is 2.92. The lowest BCUT2D eigenvalue weighted by molar-refractivity contribution is -0.0206. The van der Waals surface area contributed by atoms with E-state index < -0.39 is 6.17 Å². The molecule has 16 heavy (non-hydrogen) atoms. The molecule has 0 aromatic heterocycles. The first-order valence-corrected chi connectivity index (χ1v) is 5.82. The molecule has 1 aliphatic heterocycles. The summed E-state index contributed by atoms with van der Waals surface area (Å²) < 4.78 is 19.3. The van der Waals surface area contributed by atoms with Crippen LogP contribution in [0.25, 0.3) is 0 Å². The monoisotopic (exact) mass is 222 g/mol. The maximum atomic E-state index is 13.7. The normalized spacial score (nSPS) is 25.2. The van der Waals surface area contributed by atoms with Gasteiger partial charge in [-0.2, -0.15) is 0 Å². The van der Waals surface area contributed by atoms with Crippen molar-refractivity contribution < 1.29 is 9.13 Å². The lowest BCUT2D eigenvalue weighted by atomic mass is 9.84. The van der Waals surface area contributed by atoms with Crippen LogP contribution >= 0.6 is 0 Å². The Kier molecular flexibility index (Phi) is 3.02. The van der Waals surface area contributed by atoms with Gasteiger partial charge in [0.05, 0.1) is 12.7 Å². The van der Waals surface area contributed by atoms with Crippen LogP contribution in [-0.2, 0) is 4.74 Å². The van der Waals surface area contributed by atoms with Crippen molar-refractivity contribution in [3.63, 3.8) is 0 Å². The van der Waals surface area contributed by atoms with E-state index >= 15 is 0 Å². The van der Waals surface area contributed by atoms with Crippen LogP contribution in [0.5, 0.6) is 0 Å². The standard InChI is InChI=1S/C14H19FO/c1-14(2,3)8-13-11-7-5-4-6-10(11)12(15)9-16-13/h4-7,12-13H,8-9H2,1-3H3/t12-,13+/m0/s1. The molecule has 0 radical (unpaired) electrons. The number of fused-ring (bicyclic) bond motifs is 1. The zero-order valence-electron chi connectivity index (χ0n) is 10.2. The van der Waals surface area contributed by atoms with Crippen LogP contribution in [-0.4, -0.2) is 6.61 Å². The first kappa shape index (κ1) is 11.6. The van der Waals surface area contributed by atoms with E-state index in [0.717, 1.165) is 17.5 Å². The highest BCUT2D eigenvalue weighted by atomic mass is 19.1. The summed E-state index contributed by atoms with van der Waals surface area (Å²) in [6.07, 6.45) is 0.00659. The molecule has 1 aromatic carbocycles. The second kappa shape index (κ2) is 4.17. The van der Waals surface area contributed by atoms with Crippen LogP contribution in [0, 0.1) is 5.41 Å². The van der Waals surface area contributed by atoms with Crippen molar-refractivity contribution in [2.45, 2.75) is 39.5 Å². The van der Waals surface area contributed by atoms with Crippen molar-refractivity contribution in [1.82, 2.24) is 0 Å². The summed E-state index contributed by atoms with van der Waals surface area (Å²) in [5, 5.41) is 0. The van der Waals surface area contributed by atoms with Gasteiger partial charge in [0.2, 0.25) is 0 Å². The predicted molar refractivity (Wildman–Crippen MR) is 63.1 cm³/mol. The summed E-state index contributed by atoms with van der Waals surface area (Å²) >= 11 is 0. The summed E-state index contributed by atoms with van der Waals surface area (Å²) in [6, 6.07) is 7.70. The molecule has 1 nitrogen and oxygen atoms in total. The zero-order chi connectivity index (χ0) is 11.8. The fraction of sp³-hybridized carbons (Fsp3) is 0.571. The number of benzene rings is 1. The molecular weight excluding hydrogens is 203 g/mol. The second-order valence-corrected chi connectivity index (χ2v) is 5.68. The molecule has 0 saturated carbocycles. The van der Waals surface area contributed by atoms with Gasteiger partial charge in [-0.1, -0.05) is 45.0 Å². The van der Waals surface area contributed by atoms with Gasteiger partial charge in [0.1, 0.15) is 6.17 Å². The Hall–Kier alpha value is -0.890. The number of alkyl halides is 1. The van der Waals surface area contributed by atoms with Crippen LogP contribution in [0.1, 0.15) is 50.6 Å². The van der Waals surface area contributed by atoms with Gasteiger partial charge in [-0.15, -0.1) is 0 Å². The lowest BCUT2D eigenvalue weighted by Gasteiger charge is -2.32. The fourth-order valence-corrected chi connectivity index (χ4v) is 2.19. The second-order valence-electron chi connectivity index (χ2n) is 5.68. The van der Waals surface area contributed by atoms with Gasteiger partial charge >= 0.3 is 0 Å². The molecule has 2 rings (SSSR count). The van der Waals surface area contributed by atoms with E-state index in [1.807, 2.05) is 24.3 Å². The Balaban J connectivity index is 2.28. The summed E-state index contributed by atoms with van der Waals surface area (Å²) in [7, 11) is 0. The quantitative estimate of drug-likeness (QED) is 0.691. The van der Waals surface area contributed by atoms with Crippen LogP contribution in [0.15, 0.2) is 24.3 Å². The van der Waals surface area contributed by atoms with Crippen LogP contribution < -0.4 is 0 Å². The van der Waals surface area contributed by atoms with Gasteiger partial charge in [0.25, 0.3) is 0 Å². The number of ether oxygens (including phenoxy) is 1. The topological polar surface area (TPSA) is 9.23 Å². The minimum atomic E-state index is -0.965. The van der Waals surface area contributed by atoms with Crippen molar-refractivity contribution in [2.75, 3.05) is 6.61 Å². The predicted octanol–water partition coefficient (Wildman–Crippen LogP) is 4.20. The average molecular weight is 222 g/mol. The number of halogens is 1. The Morgan fingerprint density at radius 1 is 1.25 bits per heavy atom. The minimum Gasteiger partial charge on any atom is -0.370 e. The lowest BCUT2D eigenvalue weighted by Crippen LogP contribution is -2.22. The highest BCUT2D eigenvalue weighted by Crippen LogP contribution is 2.40. The summed E-state index contributed by atoms with van der Waals surface area (Å²) in [5.74, 6) is 0. The van der Waals surface area contributed by atoms with E-state index in [-0.39, 0.29) is 18.1 Å². The van der Waals surface area contributed by atoms with E-state index in [1.165, 1.54) is 0 Å². The molecule has 0 fully saturated rings. The van der Waals surface area contributed by atoms with Crippen molar-refractivity contribution in [2.24, 2.45) is 5.41 Å². The summed E-state index contributed by atoms with van der Waals surface area (Å²) in [5.41, 5.74) is 2.03. The smallest absolute Gasteiger partial charge is 0.149 e. The van der Waals surface area contributed by atoms with Crippen molar-refractivity contribution in [3.8, 4) is 0 Å². The third-order valence-corrected chi connectivity index (χ3v) is 2.92. The molecule has 1 aromatic rings. The Morgan fingerprint density at radius 3 is 2.50 bits per heavy atom. The van der Waals surface area contributed by atoms with Gasteiger partial charge < -0.3 is 4.74 Å². The third kappa shape index (κ3) is 2.43. The molecule has 1 heterocycles. The zero-order valence-corrected chi connectivity index (χ0v) is 10.2. The van der Waals surface area contributed by atoms with Crippen molar-refractivity contribution >= 4 is 0 Å². The van der Waals surface area contributed by atoms with Gasteiger partial charge in [0, 0.05) is 0 Å². The number of hydrogen-bond acceptors (Lipinski definition) is 1. The van der Waals surface area contributed by atoms with E-state index in [1.54, 1.807) is 0 Å². The molecule has 0 spiro atoms. The van der Waals surface area contributed by atoms with Gasteiger partial charge in [-0.3, -0.25) is 0 Å². The molecule has 0 aliphatic carbocycles. The Labute approximate surface area is 96.6 Å². The number of rotatable bonds is 1. The molecule has 0 N–H and O–H groups in total. The molecule has 2 heteroatoms. The van der Waals surface area contributed by atoms with Gasteiger partial charge in [-0.05, 0) is 23.0 Å². The maximum Gasteiger partial charge on any atom is 0.149 e. The Bertz CT molecular complexity index is 367. The van der Waals surface area contributed by atoms with E-state index in [2.05, 4.69) is 20.8 Å². The maximum absolute atomic E-state index is 13.7. The molecule has 2 atom stereocenters. The van der Waals surface area contributed by atoms with Crippen LogP contribution in [0.4, 0.5) is 4.39 Å². The van der Waals surface area contributed by atoms with Crippen molar-refractivity contribution in [3.05, 3.63) is 35.4 Å². The number of hydrogen-bond donors (Lipinski definition) is 0. The fourth-order valence-electron chi connectivity index (χ4n) is 2.19. The molecule has 88 valence electrons. The molecule has 0 amide bonds. The van der Waals surface area contributed by atoms with Crippen LogP contribution in [0.3, 0.4) is 0 Å². The van der Waals surface area contributed by atoms with E-state index in [0.29, 0.717) is 0 Å². The molecule has 0 unspecified atom stereocenters. The van der Waals surface area contributed by atoms with Gasteiger partial charge in [-0.25, -0.2) is 4.39 Å². The van der Waals surface area contributed by atoms with Crippen LogP contribution in [0.2, 0.25) is 0 Å². The van der Waals surface area contributed by atoms with E-state index in [4.69, 9.17) is 4.74 Å². The molecule has 1 aliphatic rings. The largest absolute Gasteiger partial charge is 0.370 e. The van der Waals surface area contributed by atoms with Crippen molar-refractivity contribution in [1.29, 1.82) is 0 Å². The summed E-state index contributed by atoms with van der Waals surface area (Å²) in [6.45, 7) is 6.74. The highest BCUT2D eigenvalue weighted by Gasteiger charge is 2.30. The van der Waals surface area contributed by atoms with Gasteiger partial charge in [0.15, 0.2) is 0 Å². The summed E-state index contributed by atoms with van der Waals surface area (Å²) in [4.78, 5) is 0. The Morgan fingerprint density at radius 2 is 1.88 bits per heavy atom. The first-order chi connectivity index (χ1) is 7.47. The van der Waals surface area contributed by atoms with E-state index in [9.17, 15) is 4.39 Å². The highest BCUT2D eigenvalue weighted by molar-refractivity contribution is 5.32. The molecule has 0 bridgehead atoms. The molecular formula is C14H19FO. The minimum absolute atomic E-state index is 0.0446. The first-order valence-electron chi connectivity index (χ1n) is 5.82. The molecule has 0 saturated heterocycles. The average Bonchev–Trinajstić information content (AvgIpc) is 2.21. The SMILES string of the molecule is CC(C)(C)C[C@H]1OC[C@H](F)c2ccccc21.